The number of aromatic nitrogens is 2. The molecule has 3 N–H and O–H groups in total. The highest BCUT2D eigenvalue weighted by Crippen LogP contribution is 2.42. The standard InChI is InChI=1S/C21H26BrN5O2/c1-13-10-17(28)19-18(13)20(25-12-24-19)26-6-8-27(9-7-26)21(29)16(11-23)14-2-4-15(22)5-3-14/h2-5,12-13,16-17,28H,6-11,23H2,1H3/t13-,16-,17-/m1/s1. The summed E-state index contributed by atoms with van der Waals surface area (Å²) in [6.45, 7) is 5.05. The zero-order valence-electron chi connectivity index (χ0n) is 16.5. The molecule has 0 unspecified atom stereocenters. The molecule has 1 aromatic carbocycles. The van der Waals surface area contributed by atoms with Gasteiger partial charge in [0.05, 0.1) is 17.7 Å². The Kier molecular flexibility index (Phi) is 5.85. The lowest BCUT2D eigenvalue weighted by atomic mass is 9.97. The number of amides is 1. The van der Waals surface area contributed by atoms with Crippen molar-refractivity contribution in [3.63, 3.8) is 0 Å². The number of benzene rings is 1. The molecule has 1 aliphatic heterocycles. The number of nitrogens with two attached hydrogens (primary N) is 1. The van der Waals surface area contributed by atoms with E-state index in [0.29, 0.717) is 32.6 Å². The number of carbonyl (C=O) groups excluding carboxylic acids is 1. The zero-order chi connectivity index (χ0) is 20.5. The first-order valence-electron chi connectivity index (χ1n) is 10.0. The molecule has 8 heteroatoms. The third kappa shape index (κ3) is 3.89. The van der Waals surface area contributed by atoms with Gasteiger partial charge in [0.25, 0.3) is 0 Å². The summed E-state index contributed by atoms with van der Waals surface area (Å²) in [6, 6.07) is 7.78. The number of nitrogens with zero attached hydrogens (tertiary/aromatic N) is 4. The average Bonchev–Trinajstić information content (AvgIpc) is 3.04. The van der Waals surface area contributed by atoms with E-state index in [-0.39, 0.29) is 24.3 Å². The molecule has 0 saturated carbocycles. The number of halogens is 1. The van der Waals surface area contributed by atoms with Crippen LogP contribution in [-0.4, -0.2) is 58.6 Å². The summed E-state index contributed by atoms with van der Waals surface area (Å²) in [4.78, 5) is 26.0. The lowest BCUT2D eigenvalue weighted by Crippen LogP contribution is -2.51. The molecule has 2 aliphatic rings. The van der Waals surface area contributed by atoms with Gasteiger partial charge in [0.2, 0.25) is 5.91 Å². The second-order valence-corrected chi connectivity index (χ2v) is 8.72. The van der Waals surface area contributed by atoms with Gasteiger partial charge in [-0.2, -0.15) is 0 Å². The van der Waals surface area contributed by atoms with E-state index in [9.17, 15) is 9.90 Å². The molecule has 1 amide bonds. The Hall–Kier alpha value is -2.03. The molecule has 7 nitrogen and oxygen atoms in total. The molecule has 3 atom stereocenters. The van der Waals surface area contributed by atoms with Crippen molar-refractivity contribution in [1.82, 2.24) is 14.9 Å². The van der Waals surface area contributed by atoms with Crippen LogP contribution in [0.5, 0.6) is 0 Å². The van der Waals surface area contributed by atoms with E-state index in [1.54, 1.807) is 0 Å². The van der Waals surface area contributed by atoms with Gasteiger partial charge in [0.15, 0.2) is 0 Å². The molecule has 1 fully saturated rings. The number of carbonyl (C=O) groups is 1. The third-order valence-corrected chi connectivity index (χ3v) is 6.50. The van der Waals surface area contributed by atoms with Crippen LogP contribution < -0.4 is 10.6 Å². The molecule has 29 heavy (non-hydrogen) atoms. The average molecular weight is 460 g/mol. The van der Waals surface area contributed by atoms with Crippen LogP contribution in [0.4, 0.5) is 5.82 Å². The van der Waals surface area contributed by atoms with Crippen LogP contribution in [0.1, 0.15) is 48.1 Å². The molecular formula is C21H26BrN5O2. The smallest absolute Gasteiger partial charge is 0.231 e. The monoisotopic (exact) mass is 459 g/mol. The molecule has 0 spiro atoms. The quantitative estimate of drug-likeness (QED) is 0.727. The SMILES string of the molecule is C[C@@H]1C[C@@H](O)c2ncnc(N3CCN(C(=O)[C@H](CN)c4ccc(Br)cc4)CC3)c21. The topological polar surface area (TPSA) is 95.6 Å². The molecule has 154 valence electrons. The van der Waals surface area contributed by atoms with Gasteiger partial charge in [-0.05, 0) is 30.0 Å². The maximum Gasteiger partial charge on any atom is 0.231 e. The summed E-state index contributed by atoms with van der Waals surface area (Å²) in [6.07, 6.45) is 1.70. The summed E-state index contributed by atoms with van der Waals surface area (Å²) < 4.78 is 0.981. The summed E-state index contributed by atoms with van der Waals surface area (Å²) in [7, 11) is 0. The highest BCUT2D eigenvalue weighted by atomic mass is 79.9. The van der Waals surface area contributed by atoms with Gasteiger partial charge in [-0.15, -0.1) is 0 Å². The molecule has 4 rings (SSSR count). The van der Waals surface area contributed by atoms with E-state index in [1.807, 2.05) is 29.2 Å². The third-order valence-electron chi connectivity index (χ3n) is 5.98. The number of aliphatic hydroxyl groups is 1. The Bertz CT molecular complexity index is 883. The van der Waals surface area contributed by atoms with Gasteiger partial charge in [0.1, 0.15) is 12.1 Å². The second-order valence-electron chi connectivity index (χ2n) is 7.80. The van der Waals surface area contributed by atoms with Crippen LogP contribution >= 0.6 is 15.9 Å². The van der Waals surface area contributed by atoms with Crippen LogP contribution in [0, 0.1) is 0 Å². The minimum absolute atomic E-state index is 0.0752. The normalized spacial score (nSPS) is 22.5. The number of anilines is 1. The first kappa shape index (κ1) is 20.3. The highest BCUT2D eigenvalue weighted by Gasteiger charge is 2.34. The fourth-order valence-electron chi connectivity index (χ4n) is 4.39. The maximum atomic E-state index is 13.1. The van der Waals surface area contributed by atoms with Crippen molar-refractivity contribution in [2.45, 2.75) is 31.3 Å². The summed E-state index contributed by atoms with van der Waals surface area (Å²) in [5, 5.41) is 10.2. The van der Waals surface area contributed by atoms with E-state index in [0.717, 1.165) is 27.1 Å². The first-order chi connectivity index (χ1) is 14.0. The predicted molar refractivity (Wildman–Crippen MR) is 115 cm³/mol. The first-order valence-corrected chi connectivity index (χ1v) is 10.8. The van der Waals surface area contributed by atoms with Crippen molar-refractivity contribution < 1.29 is 9.90 Å². The van der Waals surface area contributed by atoms with Gasteiger partial charge in [0, 0.05) is 42.8 Å². The van der Waals surface area contributed by atoms with E-state index in [4.69, 9.17) is 5.73 Å². The number of piperazine rings is 1. The van der Waals surface area contributed by atoms with Crippen molar-refractivity contribution in [2.75, 3.05) is 37.6 Å². The summed E-state index contributed by atoms with van der Waals surface area (Å²) >= 11 is 3.43. The fourth-order valence-corrected chi connectivity index (χ4v) is 4.65. The summed E-state index contributed by atoms with van der Waals surface area (Å²) in [5.74, 6) is 0.878. The second kappa shape index (κ2) is 8.38. The van der Waals surface area contributed by atoms with Gasteiger partial charge in [-0.1, -0.05) is 35.0 Å². The molecule has 0 radical (unpaired) electrons. The van der Waals surface area contributed by atoms with Gasteiger partial charge >= 0.3 is 0 Å². The van der Waals surface area contributed by atoms with Crippen LogP contribution in [0.2, 0.25) is 0 Å². The Morgan fingerprint density at radius 3 is 2.59 bits per heavy atom. The predicted octanol–water partition coefficient (Wildman–Crippen LogP) is 2.17. The zero-order valence-corrected chi connectivity index (χ0v) is 18.0. The lowest BCUT2D eigenvalue weighted by Gasteiger charge is -2.37. The molecule has 1 aliphatic carbocycles. The number of rotatable bonds is 4. The van der Waals surface area contributed by atoms with Crippen LogP contribution in [-0.2, 0) is 4.79 Å². The lowest BCUT2D eigenvalue weighted by molar-refractivity contribution is -0.132. The maximum absolute atomic E-state index is 13.1. The number of fused-ring (bicyclic) bond motifs is 1. The Balaban J connectivity index is 1.46. The molecule has 0 bridgehead atoms. The number of aliphatic hydroxyl groups excluding tert-OH is 1. The Morgan fingerprint density at radius 1 is 1.24 bits per heavy atom. The Morgan fingerprint density at radius 2 is 1.93 bits per heavy atom. The largest absolute Gasteiger partial charge is 0.387 e. The van der Waals surface area contributed by atoms with Crippen molar-refractivity contribution in [3.8, 4) is 0 Å². The van der Waals surface area contributed by atoms with Crippen molar-refractivity contribution in [1.29, 1.82) is 0 Å². The van der Waals surface area contributed by atoms with E-state index in [1.165, 1.54) is 6.33 Å². The van der Waals surface area contributed by atoms with E-state index < -0.39 is 6.10 Å². The van der Waals surface area contributed by atoms with Crippen LogP contribution in [0.15, 0.2) is 35.1 Å². The Labute approximate surface area is 179 Å². The fraction of sp³-hybridized carbons (Fsp3) is 0.476. The number of hydrogen-bond donors (Lipinski definition) is 2. The van der Waals surface area contributed by atoms with Crippen LogP contribution in [0.3, 0.4) is 0 Å². The van der Waals surface area contributed by atoms with Crippen molar-refractivity contribution in [2.24, 2.45) is 5.73 Å². The van der Waals surface area contributed by atoms with Crippen molar-refractivity contribution >= 4 is 27.7 Å². The van der Waals surface area contributed by atoms with Crippen LogP contribution in [0.25, 0.3) is 0 Å². The molecule has 2 heterocycles. The van der Waals surface area contributed by atoms with E-state index >= 15 is 0 Å². The highest BCUT2D eigenvalue weighted by molar-refractivity contribution is 9.10. The molecular weight excluding hydrogens is 434 g/mol. The number of hydrogen-bond acceptors (Lipinski definition) is 6. The molecule has 1 aromatic heterocycles. The van der Waals surface area contributed by atoms with Gasteiger partial charge < -0.3 is 20.6 Å². The summed E-state index contributed by atoms with van der Waals surface area (Å²) in [5.41, 5.74) is 8.69. The van der Waals surface area contributed by atoms with E-state index in [2.05, 4.69) is 37.7 Å². The van der Waals surface area contributed by atoms with Gasteiger partial charge in [-0.3, -0.25) is 4.79 Å². The minimum atomic E-state index is -0.513. The molecule has 1 saturated heterocycles. The molecule has 2 aromatic rings. The van der Waals surface area contributed by atoms with Crippen molar-refractivity contribution in [3.05, 3.63) is 51.9 Å². The minimum Gasteiger partial charge on any atom is -0.387 e. The van der Waals surface area contributed by atoms with Gasteiger partial charge in [-0.25, -0.2) is 9.97 Å².